The van der Waals surface area contributed by atoms with E-state index in [9.17, 15) is 14.9 Å². The van der Waals surface area contributed by atoms with Crippen LogP contribution in [0.15, 0.2) is 36.4 Å². The molecule has 2 aromatic rings. The average Bonchev–Trinajstić information content (AvgIpc) is 2.59. The van der Waals surface area contributed by atoms with Crippen LogP contribution in [0.2, 0.25) is 5.02 Å². The maximum Gasteiger partial charge on any atom is 0.286 e. The molecule has 0 fully saturated rings. The molecule has 24 heavy (non-hydrogen) atoms. The normalized spacial score (nSPS) is 12.5. The number of rotatable bonds is 4. The SMILES string of the molecule is O=C(NCc1ccc(Cl)cc1)c1cc2c(cc1[N+](=O)[O-])OCCO2. The Morgan fingerprint density at radius 1 is 1.17 bits per heavy atom. The maximum absolute atomic E-state index is 12.4. The van der Waals surface area contributed by atoms with Crippen LogP contribution in [-0.2, 0) is 6.54 Å². The van der Waals surface area contributed by atoms with Crippen molar-refractivity contribution in [2.24, 2.45) is 0 Å². The number of carbonyl (C=O) groups excluding carboxylic acids is 1. The molecule has 8 heteroatoms. The number of benzene rings is 2. The molecule has 3 rings (SSSR count). The molecule has 1 amide bonds. The fourth-order valence-corrected chi connectivity index (χ4v) is 2.42. The first-order chi connectivity index (χ1) is 11.5. The van der Waals surface area contributed by atoms with Gasteiger partial charge in [0.1, 0.15) is 18.8 Å². The molecule has 0 radical (unpaired) electrons. The Morgan fingerprint density at radius 2 is 1.79 bits per heavy atom. The van der Waals surface area contributed by atoms with Crippen LogP contribution >= 0.6 is 11.6 Å². The molecule has 1 N–H and O–H groups in total. The molecule has 2 aromatic carbocycles. The highest BCUT2D eigenvalue weighted by atomic mass is 35.5. The third kappa shape index (κ3) is 3.41. The molecule has 0 saturated carbocycles. The second-order valence-electron chi connectivity index (χ2n) is 5.08. The molecule has 124 valence electrons. The summed E-state index contributed by atoms with van der Waals surface area (Å²) in [6.07, 6.45) is 0. The summed E-state index contributed by atoms with van der Waals surface area (Å²) in [6.45, 7) is 0.866. The number of hydrogen-bond acceptors (Lipinski definition) is 5. The van der Waals surface area contributed by atoms with E-state index in [-0.39, 0.29) is 23.5 Å². The Hall–Kier alpha value is -2.80. The molecule has 0 aliphatic carbocycles. The fourth-order valence-electron chi connectivity index (χ4n) is 2.29. The number of amides is 1. The summed E-state index contributed by atoms with van der Waals surface area (Å²) in [5.74, 6) is 0.0271. The zero-order valence-corrected chi connectivity index (χ0v) is 13.2. The standard InChI is InChI=1S/C16H13ClN2O5/c17-11-3-1-10(2-4-11)9-18-16(20)12-7-14-15(24-6-5-23-14)8-13(12)19(21)22/h1-4,7-8H,5-6,9H2,(H,18,20). The minimum atomic E-state index is -0.616. The lowest BCUT2D eigenvalue weighted by Gasteiger charge is -2.18. The van der Waals surface area contributed by atoms with Crippen LogP contribution in [0.25, 0.3) is 0 Å². The minimum Gasteiger partial charge on any atom is -0.486 e. The van der Waals surface area contributed by atoms with Crippen molar-refractivity contribution < 1.29 is 19.2 Å². The third-order valence-electron chi connectivity index (χ3n) is 3.47. The number of nitro benzene ring substituents is 1. The summed E-state index contributed by atoms with van der Waals surface area (Å²) in [7, 11) is 0. The van der Waals surface area contributed by atoms with Gasteiger partial charge in [0.25, 0.3) is 11.6 Å². The summed E-state index contributed by atoms with van der Waals surface area (Å²) < 4.78 is 10.7. The van der Waals surface area contributed by atoms with Gasteiger partial charge in [-0.3, -0.25) is 14.9 Å². The number of nitro groups is 1. The van der Waals surface area contributed by atoms with Gasteiger partial charge in [0.15, 0.2) is 11.5 Å². The molecule has 7 nitrogen and oxygen atoms in total. The van der Waals surface area contributed by atoms with Crippen molar-refractivity contribution in [3.63, 3.8) is 0 Å². The van der Waals surface area contributed by atoms with Gasteiger partial charge < -0.3 is 14.8 Å². The molecule has 0 aromatic heterocycles. The molecule has 1 aliphatic heterocycles. The second kappa shape index (κ2) is 6.76. The first-order valence-corrected chi connectivity index (χ1v) is 7.53. The molecule has 1 heterocycles. The van der Waals surface area contributed by atoms with Gasteiger partial charge in [-0.05, 0) is 17.7 Å². The Kier molecular flexibility index (Phi) is 4.52. The van der Waals surface area contributed by atoms with Crippen LogP contribution < -0.4 is 14.8 Å². The third-order valence-corrected chi connectivity index (χ3v) is 3.72. The van der Waals surface area contributed by atoms with E-state index in [2.05, 4.69) is 5.32 Å². The van der Waals surface area contributed by atoms with Gasteiger partial charge in [-0.2, -0.15) is 0 Å². The predicted molar refractivity (Wildman–Crippen MR) is 86.7 cm³/mol. The Bertz CT molecular complexity index is 792. The van der Waals surface area contributed by atoms with Crippen LogP contribution in [-0.4, -0.2) is 24.0 Å². The highest BCUT2D eigenvalue weighted by Gasteiger charge is 2.26. The maximum atomic E-state index is 12.4. The lowest BCUT2D eigenvalue weighted by Crippen LogP contribution is -2.24. The molecular formula is C16H13ClN2O5. The quantitative estimate of drug-likeness (QED) is 0.677. The molecule has 0 spiro atoms. The second-order valence-corrected chi connectivity index (χ2v) is 5.52. The van der Waals surface area contributed by atoms with Gasteiger partial charge in [-0.1, -0.05) is 23.7 Å². The summed E-state index contributed by atoms with van der Waals surface area (Å²) in [5, 5.41) is 14.5. The van der Waals surface area contributed by atoms with E-state index in [1.807, 2.05) is 0 Å². The lowest BCUT2D eigenvalue weighted by atomic mass is 10.1. The first kappa shape index (κ1) is 16.1. The average molecular weight is 349 g/mol. The fraction of sp³-hybridized carbons (Fsp3) is 0.188. The number of nitrogens with zero attached hydrogens (tertiary/aromatic N) is 1. The van der Waals surface area contributed by atoms with Crippen LogP contribution in [0.4, 0.5) is 5.69 Å². The molecule has 0 bridgehead atoms. The number of carbonyl (C=O) groups is 1. The molecule has 0 atom stereocenters. The summed E-state index contributed by atoms with van der Waals surface area (Å²) in [4.78, 5) is 23.0. The van der Waals surface area contributed by atoms with E-state index in [0.717, 1.165) is 5.56 Å². The highest BCUT2D eigenvalue weighted by Crippen LogP contribution is 2.36. The van der Waals surface area contributed by atoms with Crippen molar-refractivity contribution in [2.45, 2.75) is 6.54 Å². The van der Waals surface area contributed by atoms with Gasteiger partial charge in [-0.25, -0.2) is 0 Å². The van der Waals surface area contributed by atoms with E-state index in [4.69, 9.17) is 21.1 Å². The van der Waals surface area contributed by atoms with Crippen molar-refractivity contribution in [2.75, 3.05) is 13.2 Å². The molecule has 0 unspecified atom stereocenters. The Labute approximate surface area is 142 Å². The van der Waals surface area contributed by atoms with Gasteiger partial charge >= 0.3 is 0 Å². The summed E-state index contributed by atoms with van der Waals surface area (Å²) in [6, 6.07) is 9.49. The van der Waals surface area contributed by atoms with E-state index >= 15 is 0 Å². The van der Waals surface area contributed by atoms with Crippen LogP contribution in [0, 0.1) is 10.1 Å². The zero-order chi connectivity index (χ0) is 17.1. The van der Waals surface area contributed by atoms with E-state index in [0.29, 0.717) is 24.0 Å². The first-order valence-electron chi connectivity index (χ1n) is 7.15. The Balaban J connectivity index is 1.82. The van der Waals surface area contributed by atoms with Crippen molar-refractivity contribution in [1.29, 1.82) is 0 Å². The number of halogens is 1. The lowest BCUT2D eigenvalue weighted by molar-refractivity contribution is -0.385. The van der Waals surface area contributed by atoms with Crippen LogP contribution in [0.1, 0.15) is 15.9 Å². The zero-order valence-electron chi connectivity index (χ0n) is 12.5. The van der Waals surface area contributed by atoms with Crippen LogP contribution in [0.3, 0.4) is 0 Å². The number of ether oxygens (including phenoxy) is 2. The number of nitrogens with one attached hydrogen (secondary N) is 1. The minimum absolute atomic E-state index is 0.0711. The van der Waals surface area contributed by atoms with E-state index in [1.165, 1.54) is 12.1 Å². The number of fused-ring (bicyclic) bond motifs is 1. The number of hydrogen-bond donors (Lipinski definition) is 1. The van der Waals surface area contributed by atoms with Gasteiger partial charge in [0.05, 0.1) is 11.0 Å². The molecular weight excluding hydrogens is 336 g/mol. The van der Waals surface area contributed by atoms with Gasteiger partial charge in [0, 0.05) is 17.6 Å². The molecule has 0 saturated heterocycles. The van der Waals surface area contributed by atoms with Crippen molar-refractivity contribution in [1.82, 2.24) is 5.32 Å². The van der Waals surface area contributed by atoms with Gasteiger partial charge in [0.2, 0.25) is 0 Å². The smallest absolute Gasteiger partial charge is 0.286 e. The van der Waals surface area contributed by atoms with Crippen molar-refractivity contribution >= 4 is 23.2 Å². The van der Waals surface area contributed by atoms with Crippen molar-refractivity contribution in [3.8, 4) is 11.5 Å². The summed E-state index contributed by atoms with van der Waals surface area (Å²) in [5.41, 5.74) is 0.430. The topological polar surface area (TPSA) is 90.7 Å². The Morgan fingerprint density at radius 3 is 2.42 bits per heavy atom. The molecule has 1 aliphatic rings. The van der Waals surface area contributed by atoms with Crippen LogP contribution in [0.5, 0.6) is 11.5 Å². The van der Waals surface area contributed by atoms with E-state index < -0.39 is 10.8 Å². The van der Waals surface area contributed by atoms with Crippen molar-refractivity contribution in [3.05, 3.63) is 62.7 Å². The van der Waals surface area contributed by atoms with Gasteiger partial charge in [-0.15, -0.1) is 0 Å². The summed E-state index contributed by atoms with van der Waals surface area (Å²) >= 11 is 5.81. The highest BCUT2D eigenvalue weighted by molar-refractivity contribution is 6.30. The van der Waals surface area contributed by atoms with E-state index in [1.54, 1.807) is 24.3 Å². The largest absolute Gasteiger partial charge is 0.486 e. The predicted octanol–water partition coefficient (Wildman–Crippen LogP) is 2.95. The monoisotopic (exact) mass is 348 g/mol.